The monoisotopic (exact) mass is 377 g/mol. The van der Waals surface area contributed by atoms with Crippen LogP contribution in [0, 0.1) is 0 Å². The van der Waals surface area contributed by atoms with Crippen molar-refractivity contribution in [3.63, 3.8) is 0 Å². The number of carbonyl (C=O) groups is 2. The highest BCUT2D eigenvalue weighted by Gasteiger charge is 2.50. The van der Waals surface area contributed by atoms with Crippen molar-refractivity contribution in [2.45, 2.75) is 12.0 Å². The summed E-state index contributed by atoms with van der Waals surface area (Å²) in [5.41, 5.74) is -0.0826. The molecule has 142 valence electrons. The van der Waals surface area contributed by atoms with Gasteiger partial charge in [-0.3, -0.25) is 9.59 Å². The number of amides is 1. The van der Waals surface area contributed by atoms with Gasteiger partial charge in [-0.05, 0) is 29.8 Å². The smallest absolute Gasteiger partial charge is 0.264 e. The van der Waals surface area contributed by atoms with Gasteiger partial charge in [0.25, 0.3) is 5.91 Å². The van der Waals surface area contributed by atoms with E-state index >= 15 is 0 Å². The van der Waals surface area contributed by atoms with Gasteiger partial charge in [0.1, 0.15) is 0 Å². The number of ketones is 1. The van der Waals surface area contributed by atoms with Crippen LogP contribution in [-0.4, -0.2) is 30.1 Å². The van der Waals surface area contributed by atoms with Crippen molar-refractivity contribution in [2.24, 2.45) is 0 Å². The molecule has 0 aromatic heterocycles. The second-order valence-corrected chi connectivity index (χ2v) is 6.67. The van der Waals surface area contributed by atoms with Crippen LogP contribution in [0.25, 0.3) is 6.08 Å². The van der Waals surface area contributed by atoms with Crippen LogP contribution in [-0.2, 0) is 15.2 Å². The molecular formula is C22H19NO5. The average molecular weight is 377 g/mol. The molecule has 0 saturated carbocycles. The number of benzene rings is 2. The van der Waals surface area contributed by atoms with Gasteiger partial charge in [-0.25, -0.2) is 0 Å². The summed E-state index contributed by atoms with van der Waals surface area (Å²) < 4.78 is 10.6. The second kappa shape index (κ2) is 6.98. The summed E-state index contributed by atoms with van der Waals surface area (Å²) in [5.74, 6) is 0.406. The van der Waals surface area contributed by atoms with Crippen molar-refractivity contribution < 1.29 is 24.2 Å². The number of nitrogens with zero attached hydrogens (tertiary/aromatic N) is 1. The summed E-state index contributed by atoms with van der Waals surface area (Å²) in [6.07, 6.45) is 4.24. The van der Waals surface area contributed by atoms with Gasteiger partial charge in [-0.15, -0.1) is 6.58 Å². The zero-order valence-corrected chi connectivity index (χ0v) is 15.1. The van der Waals surface area contributed by atoms with Crippen molar-refractivity contribution >= 4 is 23.5 Å². The van der Waals surface area contributed by atoms with E-state index in [1.807, 2.05) is 0 Å². The first-order chi connectivity index (χ1) is 13.5. The Labute approximate surface area is 162 Å². The number of anilines is 1. The lowest BCUT2D eigenvalue weighted by atomic mass is 9.89. The quantitative estimate of drug-likeness (QED) is 0.619. The van der Waals surface area contributed by atoms with Crippen LogP contribution in [0.2, 0.25) is 0 Å². The molecule has 0 saturated heterocycles. The molecule has 6 heteroatoms. The molecule has 1 atom stereocenters. The molecule has 0 aliphatic carbocycles. The van der Waals surface area contributed by atoms with Crippen molar-refractivity contribution in [3.05, 3.63) is 72.3 Å². The van der Waals surface area contributed by atoms with E-state index in [1.165, 1.54) is 11.0 Å². The maximum atomic E-state index is 12.8. The first-order valence-electron chi connectivity index (χ1n) is 8.88. The number of rotatable bonds is 6. The van der Waals surface area contributed by atoms with Crippen LogP contribution in [0.15, 0.2) is 61.2 Å². The summed E-state index contributed by atoms with van der Waals surface area (Å²) in [7, 11) is 0. The lowest BCUT2D eigenvalue weighted by molar-refractivity contribution is -0.140. The molecule has 6 nitrogen and oxygen atoms in total. The van der Waals surface area contributed by atoms with E-state index in [1.54, 1.807) is 54.6 Å². The van der Waals surface area contributed by atoms with E-state index in [9.17, 15) is 14.7 Å². The Morgan fingerprint density at radius 2 is 2.00 bits per heavy atom. The Morgan fingerprint density at radius 1 is 1.21 bits per heavy atom. The molecule has 0 radical (unpaired) electrons. The van der Waals surface area contributed by atoms with Gasteiger partial charge >= 0.3 is 0 Å². The summed E-state index contributed by atoms with van der Waals surface area (Å²) >= 11 is 0. The molecule has 2 aliphatic heterocycles. The molecule has 28 heavy (non-hydrogen) atoms. The normalized spacial score (nSPS) is 19.9. The SMILES string of the molecule is C=CCN1C(=O)C(O)(CC(=O)/C=C\c2ccc3c(c2)OCO3)c2ccccc21. The average Bonchev–Trinajstić information content (AvgIpc) is 3.24. The van der Waals surface area contributed by atoms with E-state index in [2.05, 4.69) is 6.58 Å². The predicted octanol–water partition coefficient (Wildman–Crippen LogP) is 2.81. The molecule has 0 bridgehead atoms. The molecule has 0 spiro atoms. The third kappa shape index (κ3) is 2.97. The van der Waals surface area contributed by atoms with E-state index in [4.69, 9.17) is 9.47 Å². The van der Waals surface area contributed by atoms with Gasteiger partial charge in [0.2, 0.25) is 6.79 Å². The molecule has 1 unspecified atom stereocenters. The zero-order chi connectivity index (χ0) is 19.7. The predicted molar refractivity (Wildman–Crippen MR) is 104 cm³/mol. The fourth-order valence-corrected chi connectivity index (χ4v) is 3.50. The van der Waals surface area contributed by atoms with Crippen LogP contribution in [0.1, 0.15) is 17.5 Å². The minimum absolute atomic E-state index is 0.178. The zero-order valence-electron chi connectivity index (χ0n) is 15.1. The van der Waals surface area contributed by atoms with E-state index < -0.39 is 11.5 Å². The van der Waals surface area contributed by atoms with E-state index in [-0.39, 0.29) is 25.5 Å². The van der Waals surface area contributed by atoms with Gasteiger partial charge < -0.3 is 19.5 Å². The number of hydrogen-bond acceptors (Lipinski definition) is 5. The topological polar surface area (TPSA) is 76.1 Å². The highest BCUT2D eigenvalue weighted by Crippen LogP contribution is 2.42. The van der Waals surface area contributed by atoms with Crippen molar-refractivity contribution in [1.82, 2.24) is 0 Å². The number of para-hydroxylation sites is 1. The maximum Gasteiger partial charge on any atom is 0.264 e. The second-order valence-electron chi connectivity index (χ2n) is 6.67. The molecule has 0 fully saturated rings. The molecule has 2 aromatic carbocycles. The first-order valence-corrected chi connectivity index (χ1v) is 8.88. The molecule has 2 heterocycles. The van der Waals surface area contributed by atoms with Crippen molar-refractivity contribution in [3.8, 4) is 11.5 Å². The highest BCUT2D eigenvalue weighted by molar-refractivity contribution is 6.10. The molecular weight excluding hydrogens is 358 g/mol. The van der Waals surface area contributed by atoms with Crippen molar-refractivity contribution in [2.75, 3.05) is 18.2 Å². The Hall–Kier alpha value is -3.38. The van der Waals surface area contributed by atoms with Gasteiger partial charge in [0, 0.05) is 12.1 Å². The molecule has 2 aliphatic rings. The minimum Gasteiger partial charge on any atom is -0.454 e. The number of aliphatic hydroxyl groups is 1. The van der Waals surface area contributed by atoms with Gasteiger partial charge in [-0.1, -0.05) is 36.4 Å². The van der Waals surface area contributed by atoms with Gasteiger partial charge in [-0.2, -0.15) is 0 Å². The molecule has 4 rings (SSSR count). The molecule has 1 N–H and O–H groups in total. The van der Waals surface area contributed by atoms with Gasteiger partial charge in [0.05, 0.1) is 12.1 Å². The van der Waals surface area contributed by atoms with Crippen LogP contribution in [0.4, 0.5) is 5.69 Å². The third-order valence-electron chi connectivity index (χ3n) is 4.84. The Morgan fingerprint density at radius 3 is 2.82 bits per heavy atom. The van der Waals surface area contributed by atoms with Crippen LogP contribution >= 0.6 is 0 Å². The highest BCUT2D eigenvalue weighted by atomic mass is 16.7. The Balaban J connectivity index is 1.55. The van der Waals surface area contributed by atoms with Crippen molar-refractivity contribution in [1.29, 1.82) is 0 Å². The summed E-state index contributed by atoms with van der Waals surface area (Å²) in [6.45, 7) is 4.10. The molecule has 1 amide bonds. The van der Waals surface area contributed by atoms with Gasteiger partial charge in [0.15, 0.2) is 22.9 Å². The number of ether oxygens (including phenoxy) is 2. The Kier molecular flexibility index (Phi) is 4.49. The van der Waals surface area contributed by atoms with Crippen LogP contribution < -0.4 is 14.4 Å². The van der Waals surface area contributed by atoms with E-state index in [0.717, 1.165) is 5.56 Å². The van der Waals surface area contributed by atoms with Crippen LogP contribution in [0.3, 0.4) is 0 Å². The number of fused-ring (bicyclic) bond motifs is 2. The summed E-state index contributed by atoms with van der Waals surface area (Å²) in [6, 6.07) is 12.3. The fourth-order valence-electron chi connectivity index (χ4n) is 3.50. The first kappa shape index (κ1) is 18.0. The molecule has 2 aromatic rings. The maximum absolute atomic E-state index is 12.8. The largest absolute Gasteiger partial charge is 0.454 e. The lowest BCUT2D eigenvalue weighted by Gasteiger charge is -2.21. The summed E-state index contributed by atoms with van der Waals surface area (Å²) in [5, 5.41) is 11.1. The van der Waals surface area contributed by atoms with Crippen LogP contribution in [0.5, 0.6) is 11.5 Å². The minimum atomic E-state index is -1.88. The Bertz CT molecular complexity index is 996. The third-order valence-corrected chi connectivity index (χ3v) is 4.84. The fraction of sp³-hybridized carbons (Fsp3) is 0.182. The van der Waals surface area contributed by atoms with E-state index in [0.29, 0.717) is 22.7 Å². The standard InChI is InChI=1S/C22H19NO5/c1-2-11-23-18-6-4-3-5-17(18)22(26,21(23)25)13-16(24)9-7-15-8-10-19-20(12-15)28-14-27-19/h2-10,12,26H,1,11,13-14H2/b9-7-. The summed E-state index contributed by atoms with van der Waals surface area (Å²) in [4.78, 5) is 26.8. The lowest BCUT2D eigenvalue weighted by Crippen LogP contribution is -2.41. The number of carbonyl (C=O) groups excluding carboxylic acids is 2. The number of allylic oxidation sites excluding steroid dienone is 1. The number of hydrogen-bond donors (Lipinski definition) is 1.